The zero-order valence-electron chi connectivity index (χ0n) is 10.5. The summed E-state index contributed by atoms with van der Waals surface area (Å²) in [5.74, 6) is 0.761. The smallest absolute Gasteiger partial charge is 0.276 e. The molecule has 0 aliphatic carbocycles. The van der Waals surface area contributed by atoms with Crippen molar-refractivity contribution in [2.75, 3.05) is 45.8 Å². The number of piperidine rings is 1. The van der Waals surface area contributed by atoms with Gasteiger partial charge in [-0.1, -0.05) is 0 Å². The quantitative estimate of drug-likeness (QED) is 0.717. The van der Waals surface area contributed by atoms with Gasteiger partial charge in [-0.3, -0.25) is 0 Å². The molecular weight excluding hydrogens is 276 g/mol. The van der Waals surface area contributed by atoms with Crippen LogP contribution in [0.25, 0.3) is 0 Å². The Kier molecular flexibility index (Phi) is 6.29. The maximum atomic E-state index is 11.2. The molecule has 3 N–H and O–H groups in total. The second kappa shape index (κ2) is 7.02. The fourth-order valence-electron chi connectivity index (χ4n) is 2.60. The van der Waals surface area contributed by atoms with Gasteiger partial charge in [0, 0.05) is 32.7 Å². The molecule has 18 heavy (non-hydrogen) atoms. The van der Waals surface area contributed by atoms with E-state index < -0.39 is 10.2 Å². The van der Waals surface area contributed by atoms with Crippen molar-refractivity contribution < 1.29 is 8.42 Å². The Morgan fingerprint density at radius 3 is 2.17 bits per heavy atom. The number of halogens is 1. The van der Waals surface area contributed by atoms with Gasteiger partial charge in [0.2, 0.25) is 0 Å². The first-order valence-corrected chi connectivity index (χ1v) is 7.77. The largest absolute Gasteiger partial charge is 0.317 e. The monoisotopic (exact) mass is 298 g/mol. The molecule has 2 saturated heterocycles. The number of piperazine rings is 1. The van der Waals surface area contributed by atoms with E-state index in [9.17, 15) is 8.42 Å². The van der Waals surface area contributed by atoms with Crippen molar-refractivity contribution >= 4 is 22.6 Å². The maximum Gasteiger partial charge on any atom is 0.276 e. The molecule has 108 valence electrons. The summed E-state index contributed by atoms with van der Waals surface area (Å²) in [6.45, 7) is 6.00. The van der Waals surface area contributed by atoms with Crippen LogP contribution in [0.15, 0.2) is 0 Å². The van der Waals surface area contributed by atoms with Crippen LogP contribution in [0.1, 0.15) is 12.8 Å². The lowest BCUT2D eigenvalue weighted by Gasteiger charge is -2.36. The van der Waals surface area contributed by atoms with Crippen LogP contribution in [0.2, 0.25) is 0 Å². The molecule has 0 unspecified atom stereocenters. The summed E-state index contributed by atoms with van der Waals surface area (Å²) in [4.78, 5) is 2.36. The minimum absolute atomic E-state index is 0. The van der Waals surface area contributed by atoms with Crippen molar-refractivity contribution in [3.05, 3.63) is 0 Å². The third-order valence-corrected chi connectivity index (χ3v) is 4.75. The Hall–Kier alpha value is 0.0800. The van der Waals surface area contributed by atoms with Gasteiger partial charge in [-0.05, 0) is 31.8 Å². The van der Waals surface area contributed by atoms with Crippen LogP contribution in [0.4, 0.5) is 0 Å². The normalized spacial score (nSPS) is 24.7. The summed E-state index contributed by atoms with van der Waals surface area (Å²) >= 11 is 0. The molecule has 6 nitrogen and oxygen atoms in total. The van der Waals surface area contributed by atoms with Crippen LogP contribution < -0.4 is 10.5 Å². The van der Waals surface area contributed by atoms with Crippen LogP contribution in [0.3, 0.4) is 0 Å². The van der Waals surface area contributed by atoms with E-state index >= 15 is 0 Å². The van der Waals surface area contributed by atoms with Gasteiger partial charge in [-0.2, -0.15) is 12.7 Å². The first-order valence-electron chi connectivity index (χ1n) is 6.26. The number of nitrogens with zero attached hydrogens (tertiary/aromatic N) is 2. The van der Waals surface area contributed by atoms with Gasteiger partial charge >= 0.3 is 0 Å². The predicted molar refractivity (Wildman–Crippen MR) is 74.0 cm³/mol. The standard InChI is InChI=1S/C10H22N4O2S.ClH/c11-17(15,16)14-7-5-13(6-8-14)9-10-1-3-12-4-2-10;/h10,12H,1-9H2,(H2,11,15,16);1H. The van der Waals surface area contributed by atoms with Crippen molar-refractivity contribution in [1.82, 2.24) is 14.5 Å². The molecule has 2 fully saturated rings. The molecule has 0 radical (unpaired) electrons. The van der Waals surface area contributed by atoms with Crippen LogP contribution in [-0.2, 0) is 10.2 Å². The zero-order chi connectivity index (χ0) is 12.3. The van der Waals surface area contributed by atoms with Crippen molar-refractivity contribution in [1.29, 1.82) is 0 Å². The van der Waals surface area contributed by atoms with Gasteiger partial charge in [0.05, 0.1) is 0 Å². The lowest BCUT2D eigenvalue weighted by atomic mass is 9.97. The Balaban J connectivity index is 0.00000162. The average molecular weight is 299 g/mol. The summed E-state index contributed by atoms with van der Waals surface area (Å²) in [5, 5.41) is 8.47. The Labute approximate surface area is 115 Å². The highest BCUT2D eigenvalue weighted by atomic mass is 35.5. The molecule has 2 rings (SSSR count). The summed E-state index contributed by atoms with van der Waals surface area (Å²) in [6.07, 6.45) is 2.46. The van der Waals surface area contributed by atoms with Crippen molar-refractivity contribution in [2.24, 2.45) is 11.1 Å². The molecule has 2 aliphatic rings. The molecule has 0 saturated carbocycles. The second-order valence-electron chi connectivity index (χ2n) is 4.94. The molecule has 0 atom stereocenters. The predicted octanol–water partition coefficient (Wildman–Crippen LogP) is -0.771. The van der Waals surface area contributed by atoms with Gasteiger partial charge in [0.25, 0.3) is 10.2 Å². The van der Waals surface area contributed by atoms with Gasteiger partial charge in [0.1, 0.15) is 0 Å². The van der Waals surface area contributed by atoms with E-state index in [1.54, 1.807) is 0 Å². The molecule has 0 bridgehead atoms. The highest BCUT2D eigenvalue weighted by Gasteiger charge is 2.25. The van der Waals surface area contributed by atoms with Gasteiger partial charge in [-0.25, -0.2) is 5.14 Å². The number of hydrogen-bond acceptors (Lipinski definition) is 4. The maximum absolute atomic E-state index is 11.2. The minimum Gasteiger partial charge on any atom is -0.317 e. The molecule has 0 aromatic rings. The van der Waals surface area contributed by atoms with Crippen molar-refractivity contribution in [3.63, 3.8) is 0 Å². The average Bonchev–Trinajstić information content (AvgIpc) is 2.30. The summed E-state index contributed by atoms with van der Waals surface area (Å²) in [7, 11) is -3.49. The first-order chi connectivity index (χ1) is 8.05. The molecule has 2 aliphatic heterocycles. The SMILES string of the molecule is Cl.NS(=O)(=O)N1CCN(CC2CCNCC2)CC1. The second-order valence-corrected chi connectivity index (χ2v) is 6.48. The van der Waals surface area contributed by atoms with Crippen LogP contribution >= 0.6 is 12.4 Å². The summed E-state index contributed by atoms with van der Waals surface area (Å²) in [5.41, 5.74) is 0. The summed E-state index contributed by atoms with van der Waals surface area (Å²) < 4.78 is 23.7. The molecule has 0 aromatic heterocycles. The van der Waals surface area contributed by atoms with E-state index in [2.05, 4.69) is 10.2 Å². The third-order valence-electron chi connectivity index (χ3n) is 3.67. The number of nitrogens with one attached hydrogen (secondary N) is 1. The topological polar surface area (TPSA) is 78.7 Å². The van der Waals surface area contributed by atoms with E-state index in [0.29, 0.717) is 13.1 Å². The molecular formula is C10H23ClN4O2S. The molecule has 0 aromatic carbocycles. The van der Waals surface area contributed by atoms with Crippen molar-refractivity contribution in [3.8, 4) is 0 Å². The Morgan fingerprint density at radius 2 is 1.67 bits per heavy atom. The fourth-order valence-corrected chi connectivity index (χ4v) is 3.27. The molecule has 0 amide bonds. The molecule has 0 spiro atoms. The lowest BCUT2D eigenvalue weighted by molar-refractivity contribution is 0.152. The number of hydrogen-bond donors (Lipinski definition) is 2. The Morgan fingerprint density at radius 1 is 1.11 bits per heavy atom. The number of nitrogens with two attached hydrogens (primary N) is 1. The van der Waals surface area contributed by atoms with Crippen LogP contribution in [-0.4, -0.2) is 63.4 Å². The van der Waals surface area contributed by atoms with Crippen molar-refractivity contribution in [2.45, 2.75) is 12.8 Å². The Bertz CT molecular complexity index is 338. The van der Waals surface area contributed by atoms with Crippen LogP contribution in [0, 0.1) is 5.92 Å². The highest BCUT2D eigenvalue weighted by molar-refractivity contribution is 7.86. The van der Waals surface area contributed by atoms with E-state index in [4.69, 9.17) is 5.14 Å². The summed E-state index contributed by atoms with van der Waals surface area (Å²) in [6, 6.07) is 0. The fraction of sp³-hybridized carbons (Fsp3) is 1.00. The van der Waals surface area contributed by atoms with E-state index in [1.807, 2.05) is 0 Å². The van der Waals surface area contributed by atoms with Gasteiger partial charge < -0.3 is 10.2 Å². The van der Waals surface area contributed by atoms with Gasteiger partial charge in [0.15, 0.2) is 0 Å². The van der Waals surface area contributed by atoms with Crippen LogP contribution in [0.5, 0.6) is 0 Å². The molecule has 8 heteroatoms. The van der Waals surface area contributed by atoms with Gasteiger partial charge in [-0.15, -0.1) is 12.4 Å². The zero-order valence-corrected chi connectivity index (χ0v) is 12.2. The number of rotatable bonds is 3. The van der Waals surface area contributed by atoms with E-state index in [0.717, 1.165) is 38.6 Å². The first kappa shape index (κ1) is 16.1. The third kappa shape index (κ3) is 4.64. The minimum atomic E-state index is -3.49. The van der Waals surface area contributed by atoms with E-state index in [1.165, 1.54) is 17.1 Å². The lowest BCUT2D eigenvalue weighted by Crippen LogP contribution is -2.51. The highest BCUT2D eigenvalue weighted by Crippen LogP contribution is 2.15. The molecule has 2 heterocycles. The van der Waals surface area contributed by atoms with E-state index in [-0.39, 0.29) is 12.4 Å².